The first-order valence-electron chi connectivity index (χ1n) is 12.9. The van der Waals surface area contributed by atoms with E-state index >= 15 is 0 Å². The summed E-state index contributed by atoms with van der Waals surface area (Å²) in [6, 6.07) is 10.1. The van der Waals surface area contributed by atoms with Gasteiger partial charge >= 0.3 is 0 Å². The molecule has 0 radical (unpaired) electrons. The van der Waals surface area contributed by atoms with Crippen LogP contribution in [0.5, 0.6) is 0 Å². The summed E-state index contributed by atoms with van der Waals surface area (Å²) in [5.41, 5.74) is 10.9. The van der Waals surface area contributed by atoms with Gasteiger partial charge in [0.1, 0.15) is 17.9 Å². The molecule has 4 heterocycles. The molecule has 1 aromatic carbocycles. The lowest BCUT2D eigenvalue weighted by atomic mass is 9.99. The van der Waals surface area contributed by atoms with E-state index in [1.807, 2.05) is 41.4 Å². The number of carbonyl (C=O) groups excluding carboxylic acids is 2. The van der Waals surface area contributed by atoms with Crippen molar-refractivity contribution >= 4 is 28.5 Å². The molecule has 3 N–H and O–H groups in total. The van der Waals surface area contributed by atoms with Crippen LogP contribution in [0, 0.1) is 0 Å². The Kier molecular flexibility index (Phi) is 6.24. The third-order valence-corrected chi connectivity index (χ3v) is 7.24. The van der Waals surface area contributed by atoms with Gasteiger partial charge in [0.15, 0.2) is 0 Å². The molecule has 1 aliphatic heterocycles. The third-order valence-electron chi connectivity index (χ3n) is 7.24. The van der Waals surface area contributed by atoms with Gasteiger partial charge in [0, 0.05) is 67.3 Å². The molecule has 6 rings (SSSR count). The van der Waals surface area contributed by atoms with Crippen molar-refractivity contribution in [3.05, 3.63) is 60.7 Å². The van der Waals surface area contributed by atoms with Crippen LogP contribution >= 0.6 is 0 Å². The summed E-state index contributed by atoms with van der Waals surface area (Å²) in [5, 5.41) is 8.20. The number of anilines is 1. The molecule has 0 atom stereocenters. The SMILES string of the molecule is CN1CCN(C(=O)Cn2cc(-c3ccc(-c4cnc(N)c5ncc(C(=O)NC6CC6)cc45)cc3)cn2)CC1. The zero-order valence-corrected chi connectivity index (χ0v) is 21.3. The van der Waals surface area contributed by atoms with Gasteiger partial charge in [0.25, 0.3) is 5.91 Å². The number of fused-ring (bicyclic) bond motifs is 1. The number of carbonyl (C=O) groups is 2. The Hall–Kier alpha value is -4.31. The van der Waals surface area contributed by atoms with Gasteiger partial charge in [-0.3, -0.25) is 19.3 Å². The van der Waals surface area contributed by atoms with Crippen LogP contribution in [-0.4, -0.2) is 80.6 Å². The molecule has 194 valence electrons. The molecule has 1 aliphatic carbocycles. The molecule has 4 aromatic rings. The maximum Gasteiger partial charge on any atom is 0.253 e. The molecular weight excluding hydrogens is 480 g/mol. The largest absolute Gasteiger partial charge is 0.382 e. The van der Waals surface area contributed by atoms with Crippen molar-refractivity contribution < 1.29 is 9.59 Å². The third kappa shape index (κ3) is 4.95. The molecule has 2 aliphatic rings. The maximum absolute atomic E-state index is 12.7. The van der Waals surface area contributed by atoms with Gasteiger partial charge in [-0.1, -0.05) is 24.3 Å². The first-order valence-corrected chi connectivity index (χ1v) is 12.9. The number of nitrogens with zero attached hydrogens (tertiary/aromatic N) is 6. The van der Waals surface area contributed by atoms with Crippen molar-refractivity contribution in [2.24, 2.45) is 0 Å². The summed E-state index contributed by atoms with van der Waals surface area (Å²) in [4.78, 5) is 38.2. The number of rotatable bonds is 6. The Balaban J connectivity index is 1.21. The van der Waals surface area contributed by atoms with Crippen molar-refractivity contribution in [1.82, 2.24) is 34.9 Å². The van der Waals surface area contributed by atoms with Gasteiger partial charge in [-0.2, -0.15) is 5.10 Å². The lowest BCUT2D eigenvalue weighted by Crippen LogP contribution is -2.48. The fourth-order valence-electron chi connectivity index (χ4n) is 4.73. The van der Waals surface area contributed by atoms with Crippen molar-refractivity contribution in [2.75, 3.05) is 39.0 Å². The van der Waals surface area contributed by atoms with Gasteiger partial charge in [-0.25, -0.2) is 4.98 Å². The molecule has 10 heteroatoms. The van der Waals surface area contributed by atoms with E-state index in [0.717, 1.165) is 66.7 Å². The molecule has 2 fully saturated rings. The number of nitrogen functional groups attached to an aromatic ring is 1. The average Bonchev–Trinajstić information content (AvgIpc) is 3.63. The van der Waals surface area contributed by atoms with E-state index in [0.29, 0.717) is 16.9 Å². The molecule has 1 saturated carbocycles. The zero-order valence-electron chi connectivity index (χ0n) is 21.3. The van der Waals surface area contributed by atoms with Gasteiger partial charge in [-0.15, -0.1) is 0 Å². The zero-order chi connectivity index (χ0) is 26.2. The van der Waals surface area contributed by atoms with Gasteiger partial charge < -0.3 is 20.9 Å². The summed E-state index contributed by atoms with van der Waals surface area (Å²) in [6.45, 7) is 3.52. The predicted molar refractivity (Wildman–Crippen MR) is 145 cm³/mol. The van der Waals surface area contributed by atoms with Gasteiger partial charge in [-0.05, 0) is 37.1 Å². The number of hydrogen-bond acceptors (Lipinski definition) is 7. The van der Waals surface area contributed by atoms with Crippen LogP contribution in [0.3, 0.4) is 0 Å². The first kappa shape index (κ1) is 24.1. The highest BCUT2D eigenvalue weighted by Gasteiger charge is 2.24. The number of amides is 2. The van der Waals surface area contributed by atoms with E-state index in [1.54, 1.807) is 23.3 Å². The van der Waals surface area contributed by atoms with Crippen molar-refractivity contribution in [3.8, 4) is 22.3 Å². The molecule has 1 saturated heterocycles. The minimum atomic E-state index is -0.123. The molecule has 38 heavy (non-hydrogen) atoms. The highest BCUT2D eigenvalue weighted by molar-refractivity contribution is 6.04. The number of hydrogen-bond donors (Lipinski definition) is 2. The summed E-state index contributed by atoms with van der Waals surface area (Å²) in [6.07, 6.45) is 8.99. The van der Waals surface area contributed by atoms with Crippen LogP contribution in [0.1, 0.15) is 23.2 Å². The second kappa shape index (κ2) is 9.86. The highest BCUT2D eigenvalue weighted by Crippen LogP contribution is 2.32. The van der Waals surface area contributed by atoms with Crippen LogP contribution in [0.25, 0.3) is 33.2 Å². The lowest BCUT2D eigenvalue weighted by molar-refractivity contribution is -0.133. The first-order chi connectivity index (χ1) is 18.4. The normalized spacial score (nSPS) is 16.1. The summed E-state index contributed by atoms with van der Waals surface area (Å²) < 4.78 is 1.70. The highest BCUT2D eigenvalue weighted by atomic mass is 16.2. The molecule has 3 aromatic heterocycles. The minimum Gasteiger partial charge on any atom is -0.382 e. The number of benzene rings is 1. The van der Waals surface area contributed by atoms with E-state index in [9.17, 15) is 9.59 Å². The van der Waals surface area contributed by atoms with Crippen LogP contribution < -0.4 is 11.1 Å². The molecule has 0 spiro atoms. The van der Waals surface area contributed by atoms with E-state index in [1.165, 1.54) is 0 Å². The van der Waals surface area contributed by atoms with E-state index in [2.05, 4.69) is 32.3 Å². The lowest BCUT2D eigenvalue weighted by Gasteiger charge is -2.32. The fourth-order valence-corrected chi connectivity index (χ4v) is 4.73. The van der Waals surface area contributed by atoms with E-state index < -0.39 is 0 Å². The van der Waals surface area contributed by atoms with Gasteiger partial charge in [0.05, 0.1) is 11.8 Å². The number of pyridine rings is 2. The Bertz CT molecular complexity index is 1500. The Labute approximate surface area is 220 Å². The Morgan fingerprint density at radius 1 is 0.974 bits per heavy atom. The number of likely N-dealkylation sites (N-methyl/N-ethyl adjacent to an activating group) is 1. The molecule has 10 nitrogen and oxygen atoms in total. The summed E-state index contributed by atoms with van der Waals surface area (Å²) in [7, 11) is 2.07. The van der Waals surface area contributed by atoms with Crippen LogP contribution in [0.15, 0.2) is 55.1 Å². The summed E-state index contributed by atoms with van der Waals surface area (Å²) >= 11 is 0. The Morgan fingerprint density at radius 2 is 1.71 bits per heavy atom. The number of nitrogens with two attached hydrogens (primary N) is 1. The second-order valence-electron chi connectivity index (χ2n) is 10.1. The topological polar surface area (TPSA) is 122 Å². The van der Waals surface area contributed by atoms with Crippen molar-refractivity contribution in [1.29, 1.82) is 0 Å². The van der Waals surface area contributed by atoms with Gasteiger partial charge in [0.2, 0.25) is 5.91 Å². The standard InChI is InChI=1S/C28H30N8O2/c1-34-8-10-35(11-9-34)25(37)17-36-16-21(14-32-36)18-2-4-19(5-3-18)24-15-31-27(29)26-23(24)12-20(13-30-26)28(38)33-22-6-7-22/h2-5,12-16,22H,6-11,17H2,1H3,(H2,29,31)(H,33,38). The van der Waals surface area contributed by atoms with Crippen LogP contribution in [0.2, 0.25) is 0 Å². The monoisotopic (exact) mass is 510 g/mol. The number of aromatic nitrogens is 4. The minimum absolute atomic E-state index is 0.0876. The summed E-state index contributed by atoms with van der Waals surface area (Å²) in [5.74, 6) is 0.291. The van der Waals surface area contributed by atoms with Crippen molar-refractivity contribution in [2.45, 2.75) is 25.4 Å². The number of piperazine rings is 1. The van der Waals surface area contributed by atoms with E-state index in [4.69, 9.17) is 5.73 Å². The predicted octanol–water partition coefficient (Wildman–Crippen LogP) is 2.41. The quantitative estimate of drug-likeness (QED) is 0.408. The molecular formula is C28H30N8O2. The van der Waals surface area contributed by atoms with Crippen LogP contribution in [-0.2, 0) is 11.3 Å². The number of nitrogens with one attached hydrogen (secondary N) is 1. The van der Waals surface area contributed by atoms with E-state index in [-0.39, 0.29) is 24.4 Å². The smallest absolute Gasteiger partial charge is 0.253 e. The van der Waals surface area contributed by atoms with Crippen LogP contribution in [0.4, 0.5) is 5.82 Å². The molecule has 0 bridgehead atoms. The fraction of sp³-hybridized carbons (Fsp3) is 0.321. The molecule has 0 unspecified atom stereocenters. The molecule has 2 amide bonds. The average molecular weight is 511 g/mol. The maximum atomic E-state index is 12.7. The second-order valence-corrected chi connectivity index (χ2v) is 10.1. The Morgan fingerprint density at radius 3 is 2.45 bits per heavy atom. The van der Waals surface area contributed by atoms with Crippen molar-refractivity contribution in [3.63, 3.8) is 0 Å².